The summed E-state index contributed by atoms with van der Waals surface area (Å²) in [6.07, 6.45) is 0. The van der Waals surface area contributed by atoms with E-state index in [1.54, 1.807) is 0 Å². The van der Waals surface area contributed by atoms with Gasteiger partial charge >= 0.3 is 0 Å². The van der Waals surface area contributed by atoms with Gasteiger partial charge in [0.1, 0.15) is 11.2 Å². The lowest BCUT2D eigenvalue weighted by Gasteiger charge is -2.21. The molecule has 6 nitrogen and oxygen atoms in total. The lowest BCUT2D eigenvalue weighted by molar-refractivity contribution is 0.557. The maximum absolute atomic E-state index is 7.05. The average Bonchev–Trinajstić information content (AvgIpc) is 3.79. The largest absolute Gasteiger partial charge is 0.455 e. The second kappa shape index (κ2) is 20.7. The summed E-state index contributed by atoms with van der Waals surface area (Å²) < 4.78 is 7.05. The highest BCUT2D eigenvalue weighted by Gasteiger charge is 2.27. The Morgan fingerprint density at radius 2 is 0.792 bits per heavy atom. The van der Waals surface area contributed by atoms with Crippen LogP contribution in [-0.4, -0.2) is 26.5 Å². The van der Waals surface area contributed by atoms with E-state index in [0.717, 1.165) is 88.8 Å². The number of fused-ring (bicyclic) bond motifs is 3. The first-order valence-electron chi connectivity index (χ1n) is 25.1. The average molecular weight is 942 g/mol. The number of nitrogens with zero attached hydrogens (tertiary/aromatic N) is 5. The Morgan fingerprint density at radius 1 is 0.431 bits per heavy atom. The summed E-state index contributed by atoms with van der Waals surface area (Å²) in [5, 5.41) is 2.21. The number of hydrogen-bond donors (Lipinski definition) is 0. The SMILES string of the molecule is CC.CC(=NC(=NC(C)c1ccc(-c2cc(C(C)(C)C)c3oc4c(C(C)(C)C)cc(-c5ccc(-c6nc(-c7ccccc7)nc(-c7ccccc7)n6)cc5)cc4c3c2)cc1)c1ccccc1)c1ccccc1. The van der Waals surface area contributed by atoms with E-state index in [1.807, 2.05) is 118 Å². The third kappa shape index (κ3) is 10.5. The molecule has 1 unspecified atom stereocenters. The molecule has 2 heterocycles. The fraction of sp³-hybridized carbons (Fsp3) is 0.197. The molecule has 6 heteroatoms. The van der Waals surface area contributed by atoms with Gasteiger partial charge in [0.25, 0.3) is 0 Å². The highest BCUT2D eigenvalue weighted by molar-refractivity contribution is 6.12. The number of furan rings is 1. The van der Waals surface area contributed by atoms with Crippen LogP contribution in [0.4, 0.5) is 0 Å². The van der Waals surface area contributed by atoms with Gasteiger partial charge in [-0.1, -0.05) is 225 Å². The molecule has 0 saturated carbocycles. The third-order valence-corrected chi connectivity index (χ3v) is 13.0. The molecule has 0 radical (unpaired) electrons. The minimum Gasteiger partial charge on any atom is -0.455 e. The topological polar surface area (TPSA) is 76.5 Å². The minimum atomic E-state index is -0.194. The molecule has 0 N–H and O–H groups in total. The van der Waals surface area contributed by atoms with E-state index in [-0.39, 0.29) is 16.9 Å². The van der Waals surface area contributed by atoms with Gasteiger partial charge in [0, 0.05) is 49.9 Å². The summed E-state index contributed by atoms with van der Waals surface area (Å²) in [6, 6.07) is 67.3. The first-order valence-corrected chi connectivity index (χ1v) is 25.1. The van der Waals surface area contributed by atoms with Crippen molar-refractivity contribution in [2.24, 2.45) is 9.98 Å². The molecule has 0 aliphatic heterocycles. The quantitative estimate of drug-likeness (QED) is 0.107. The lowest BCUT2D eigenvalue weighted by atomic mass is 9.82. The predicted molar refractivity (Wildman–Crippen MR) is 303 cm³/mol. The number of aliphatic imine (C=N–C) groups is 2. The van der Waals surface area contributed by atoms with Gasteiger partial charge in [-0.15, -0.1) is 0 Å². The molecular weight excluding hydrogens is 879 g/mol. The second-order valence-corrected chi connectivity index (χ2v) is 20.2. The van der Waals surface area contributed by atoms with Crippen LogP contribution in [0.3, 0.4) is 0 Å². The van der Waals surface area contributed by atoms with E-state index in [9.17, 15) is 0 Å². The van der Waals surface area contributed by atoms with Crippen molar-refractivity contribution in [3.63, 3.8) is 0 Å². The van der Waals surface area contributed by atoms with Crippen LogP contribution in [0.25, 0.3) is 78.4 Å². The van der Waals surface area contributed by atoms with Crippen molar-refractivity contribution in [1.29, 1.82) is 0 Å². The summed E-state index contributed by atoms with van der Waals surface area (Å²) >= 11 is 0. The van der Waals surface area contributed by atoms with E-state index < -0.39 is 0 Å². The van der Waals surface area contributed by atoms with Crippen molar-refractivity contribution in [2.75, 3.05) is 0 Å². The van der Waals surface area contributed by atoms with Crippen LogP contribution >= 0.6 is 0 Å². The Morgan fingerprint density at radius 3 is 1.21 bits per heavy atom. The summed E-state index contributed by atoms with van der Waals surface area (Å²) in [6.45, 7) is 21.8. The normalized spacial score (nSPS) is 12.7. The van der Waals surface area contributed by atoms with Gasteiger partial charge < -0.3 is 4.42 Å². The van der Waals surface area contributed by atoms with Crippen LogP contribution in [0.5, 0.6) is 0 Å². The third-order valence-electron chi connectivity index (χ3n) is 13.0. The van der Waals surface area contributed by atoms with Gasteiger partial charge in [-0.05, 0) is 82.3 Å². The van der Waals surface area contributed by atoms with E-state index >= 15 is 0 Å². The van der Waals surface area contributed by atoms with Gasteiger partial charge in [0.05, 0.1) is 6.04 Å². The van der Waals surface area contributed by atoms with Crippen molar-refractivity contribution in [1.82, 2.24) is 15.0 Å². The number of hydrogen-bond acceptors (Lipinski definition) is 5. The lowest BCUT2D eigenvalue weighted by Crippen LogP contribution is -2.11. The van der Waals surface area contributed by atoms with Crippen molar-refractivity contribution < 1.29 is 4.42 Å². The molecule has 8 aromatic carbocycles. The number of rotatable bonds is 9. The molecule has 358 valence electrons. The monoisotopic (exact) mass is 942 g/mol. The Kier molecular flexibility index (Phi) is 14.1. The Balaban J connectivity index is 0.00000316. The predicted octanol–water partition coefficient (Wildman–Crippen LogP) is 17.7. The molecule has 0 aliphatic rings. The summed E-state index contributed by atoms with van der Waals surface area (Å²) in [5.41, 5.74) is 15.2. The molecule has 10 rings (SSSR count). The molecule has 0 saturated heterocycles. The van der Waals surface area contributed by atoms with Crippen LogP contribution in [0, 0.1) is 0 Å². The van der Waals surface area contributed by atoms with Crippen molar-refractivity contribution >= 4 is 33.5 Å². The van der Waals surface area contributed by atoms with Gasteiger partial charge in [0.15, 0.2) is 23.3 Å². The highest BCUT2D eigenvalue weighted by Crippen LogP contribution is 2.45. The zero-order chi connectivity index (χ0) is 50.6. The fourth-order valence-electron chi connectivity index (χ4n) is 9.05. The van der Waals surface area contributed by atoms with Crippen LogP contribution in [-0.2, 0) is 10.8 Å². The Bertz CT molecular complexity index is 3470. The molecule has 0 fully saturated rings. The van der Waals surface area contributed by atoms with E-state index in [2.05, 4.69) is 146 Å². The van der Waals surface area contributed by atoms with Gasteiger partial charge in [0.2, 0.25) is 0 Å². The maximum atomic E-state index is 7.05. The summed E-state index contributed by atoms with van der Waals surface area (Å²) in [4.78, 5) is 25.2. The van der Waals surface area contributed by atoms with Gasteiger partial charge in [-0.2, -0.15) is 0 Å². The number of amidine groups is 1. The Labute approximate surface area is 425 Å². The summed E-state index contributed by atoms with van der Waals surface area (Å²) in [7, 11) is 0. The molecule has 0 aliphatic carbocycles. The van der Waals surface area contributed by atoms with Gasteiger partial charge in [-0.25, -0.2) is 19.9 Å². The molecule has 1 atom stereocenters. The van der Waals surface area contributed by atoms with Crippen LogP contribution in [0.2, 0.25) is 0 Å². The molecule has 2 aromatic heterocycles. The molecule has 10 aromatic rings. The molecule has 0 bridgehead atoms. The first kappa shape index (κ1) is 48.9. The first-order chi connectivity index (χ1) is 34.8. The van der Waals surface area contributed by atoms with Crippen LogP contribution in [0.1, 0.15) is 103 Å². The van der Waals surface area contributed by atoms with E-state index in [0.29, 0.717) is 23.3 Å². The number of aromatic nitrogens is 3. The van der Waals surface area contributed by atoms with Crippen molar-refractivity contribution in [3.05, 3.63) is 222 Å². The van der Waals surface area contributed by atoms with E-state index in [1.165, 1.54) is 5.56 Å². The van der Waals surface area contributed by atoms with E-state index in [4.69, 9.17) is 29.4 Å². The minimum absolute atomic E-state index is 0.124. The standard InChI is InChI=1S/C64H57N5O.C2H6/c1-41(43-21-13-9-14-22-43)65-59(47-23-15-10-16-24-47)66-42(2)44-29-31-45(32-30-44)51-37-53-54-38-52(40-56(64(6,7)8)58(54)70-57(53)55(39-51)63(3,4)5)46-33-35-50(36-34-46)62-68-60(48-25-17-11-18-26-48)67-61(69-62)49-27-19-12-20-28-49;1-2/h9-40,42H,1-8H3;1-2H3. The summed E-state index contributed by atoms with van der Waals surface area (Å²) in [5.74, 6) is 2.63. The number of benzene rings is 8. The maximum Gasteiger partial charge on any atom is 0.164 e. The fourth-order valence-corrected chi connectivity index (χ4v) is 9.05. The Hall–Kier alpha value is -8.09. The zero-order valence-corrected chi connectivity index (χ0v) is 43.2. The second-order valence-electron chi connectivity index (χ2n) is 20.2. The molecule has 72 heavy (non-hydrogen) atoms. The zero-order valence-electron chi connectivity index (χ0n) is 43.2. The molecule has 0 amide bonds. The smallest absolute Gasteiger partial charge is 0.164 e. The van der Waals surface area contributed by atoms with Crippen molar-refractivity contribution in [2.45, 2.75) is 86.1 Å². The molecular formula is C66H63N5O. The van der Waals surface area contributed by atoms with Crippen LogP contribution in [0.15, 0.2) is 209 Å². The highest BCUT2D eigenvalue weighted by atomic mass is 16.3. The van der Waals surface area contributed by atoms with Gasteiger partial charge in [-0.3, -0.25) is 4.99 Å². The molecule has 0 spiro atoms. The van der Waals surface area contributed by atoms with Crippen LogP contribution < -0.4 is 0 Å². The van der Waals surface area contributed by atoms with Crippen molar-refractivity contribution in [3.8, 4) is 56.4 Å².